The summed E-state index contributed by atoms with van der Waals surface area (Å²) in [7, 11) is 0. The molecule has 9 atom stereocenters. The third-order valence-electron chi connectivity index (χ3n) is 12.5. The van der Waals surface area contributed by atoms with Crippen LogP contribution in [0.4, 0.5) is 0 Å². The predicted molar refractivity (Wildman–Crippen MR) is 170 cm³/mol. The molecule has 0 unspecified atom stereocenters. The zero-order chi connectivity index (χ0) is 28.2. The molecule has 4 aliphatic rings. The van der Waals surface area contributed by atoms with Gasteiger partial charge in [-0.25, -0.2) is 0 Å². The number of rotatable bonds is 13. The molecule has 4 saturated carbocycles. The Morgan fingerprint density at radius 2 is 1.62 bits per heavy atom. The minimum Gasteiger partial charge on any atom is -0.352 e. The van der Waals surface area contributed by atoms with Crippen molar-refractivity contribution in [3.63, 3.8) is 0 Å². The first-order valence-corrected chi connectivity index (χ1v) is 18.2. The summed E-state index contributed by atoms with van der Waals surface area (Å²) in [5.74, 6) is 7.73. The van der Waals surface area contributed by atoms with E-state index in [0.717, 1.165) is 54.4 Å². The van der Waals surface area contributed by atoms with Crippen LogP contribution in [0.2, 0.25) is 0 Å². The Balaban J connectivity index is 1.26. The van der Waals surface area contributed by atoms with Crippen LogP contribution in [0, 0.1) is 52.3 Å². The highest BCUT2D eigenvalue weighted by molar-refractivity contribution is 7.99. The number of amides is 1. The van der Waals surface area contributed by atoms with Crippen molar-refractivity contribution in [2.24, 2.45) is 52.3 Å². The second kappa shape index (κ2) is 13.8. The molecule has 4 rings (SSSR count). The van der Waals surface area contributed by atoms with E-state index >= 15 is 0 Å². The summed E-state index contributed by atoms with van der Waals surface area (Å²) >= 11 is 2.01. The van der Waals surface area contributed by atoms with Gasteiger partial charge in [0.2, 0.25) is 5.91 Å². The number of fused-ring (bicyclic) bond motifs is 5. The lowest BCUT2D eigenvalue weighted by Gasteiger charge is -2.61. The molecule has 3 nitrogen and oxygen atoms in total. The van der Waals surface area contributed by atoms with Crippen LogP contribution in [0.25, 0.3) is 0 Å². The van der Waals surface area contributed by atoms with Gasteiger partial charge in [0.25, 0.3) is 0 Å². The summed E-state index contributed by atoms with van der Waals surface area (Å²) in [5.41, 5.74) is 1.09. The molecule has 4 heteroatoms. The maximum atomic E-state index is 12.7. The van der Waals surface area contributed by atoms with Crippen LogP contribution in [0.1, 0.15) is 132 Å². The number of carbonyl (C=O) groups is 1. The molecular formula is C35H64N2OS. The van der Waals surface area contributed by atoms with Gasteiger partial charge in [-0.1, -0.05) is 67.7 Å². The van der Waals surface area contributed by atoms with Crippen molar-refractivity contribution < 1.29 is 4.79 Å². The molecule has 4 fully saturated rings. The van der Waals surface area contributed by atoms with Gasteiger partial charge in [0.05, 0.1) is 6.54 Å². The van der Waals surface area contributed by atoms with Crippen molar-refractivity contribution in [3.05, 3.63) is 0 Å². The highest BCUT2D eigenvalue weighted by atomic mass is 32.2. The summed E-state index contributed by atoms with van der Waals surface area (Å²) in [6.07, 6.45) is 17.9. The van der Waals surface area contributed by atoms with E-state index in [9.17, 15) is 4.79 Å². The fourth-order valence-electron chi connectivity index (χ4n) is 10.4. The summed E-state index contributed by atoms with van der Waals surface area (Å²) < 4.78 is 0. The van der Waals surface area contributed by atoms with Gasteiger partial charge >= 0.3 is 0 Å². The average Bonchev–Trinajstić information content (AvgIpc) is 3.23. The minimum absolute atomic E-state index is 0.210. The summed E-state index contributed by atoms with van der Waals surface area (Å²) in [6.45, 7) is 18.7. The SMILES string of the molecule is CC(C)CCC[C@@H](C)[C@H]1CC[C@H]2[C@@H]3CC[C@H]4C[C@@H](NC(=O)CNCCCSC(C)C)CC[C@]4(C)[C@H]3CC[C@]12C. The van der Waals surface area contributed by atoms with Gasteiger partial charge < -0.3 is 10.6 Å². The number of thioether (sulfide) groups is 1. The van der Waals surface area contributed by atoms with E-state index < -0.39 is 0 Å². The van der Waals surface area contributed by atoms with Crippen molar-refractivity contribution in [1.82, 2.24) is 10.6 Å². The monoisotopic (exact) mass is 560 g/mol. The van der Waals surface area contributed by atoms with Crippen LogP contribution in [-0.2, 0) is 4.79 Å². The molecule has 2 N–H and O–H groups in total. The molecular weight excluding hydrogens is 496 g/mol. The molecule has 226 valence electrons. The van der Waals surface area contributed by atoms with E-state index in [1.807, 2.05) is 11.8 Å². The van der Waals surface area contributed by atoms with Gasteiger partial charge in [0.15, 0.2) is 0 Å². The summed E-state index contributed by atoms with van der Waals surface area (Å²) in [6, 6.07) is 0.391. The van der Waals surface area contributed by atoms with Crippen molar-refractivity contribution in [1.29, 1.82) is 0 Å². The zero-order valence-electron chi connectivity index (χ0n) is 26.8. The third kappa shape index (κ3) is 7.41. The van der Waals surface area contributed by atoms with Gasteiger partial charge in [0, 0.05) is 6.04 Å². The van der Waals surface area contributed by atoms with Crippen LogP contribution in [0.5, 0.6) is 0 Å². The van der Waals surface area contributed by atoms with Crippen LogP contribution in [0.15, 0.2) is 0 Å². The minimum atomic E-state index is 0.210. The molecule has 0 saturated heterocycles. The van der Waals surface area contributed by atoms with Crippen LogP contribution >= 0.6 is 11.8 Å². The maximum Gasteiger partial charge on any atom is 0.234 e. The van der Waals surface area contributed by atoms with Crippen LogP contribution < -0.4 is 10.6 Å². The first-order chi connectivity index (χ1) is 18.5. The van der Waals surface area contributed by atoms with E-state index in [0.29, 0.717) is 28.7 Å². The molecule has 0 aromatic rings. The van der Waals surface area contributed by atoms with Crippen LogP contribution in [-0.4, -0.2) is 36.0 Å². The molecule has 0 spiro atoms. The normalized spacial score (nSPS) is 38.8. The van der Waals surface area contributed by atoms with Crippen LogP contribution in [0.3, 0.4) is 0 Å². The Bertz CT molecular complexity index is 785. The lowest BCUT2D eigenvalue weighted by atomic mass is 9.44. The zero-order valence-corrected chi connectivity index (χ0v) is 27.6. The van der Waals surface area contributed by atoms with Gasteiger partial charge in [-0.2, -0.15) is 11.8 Å². The highest BCUT2D eigenvalue weighted by Gasteiger charge is 2.60. The lowest BCUT2D eigenvalue weighted by Crippen LogP contribution is -2.56. The van der Waals surface area contributed by atoms with Gasteiger partial charge in [-0.3, -0.25) is 4.79 Å². The first-order valence-electron chi connectivity index (χ1n) is 17.2. The Morgan fingerprint density at radius 1 is 0.872 bits per heavy atom. The van der Waals surface area contributed by atoms with E-state index in [1.54, 1.807) is 0 Å². The Labute approximate surface area is 247 Å². The molecule has 39 heavy (non-hydrogen) atoms. The summed E-state index contributed by atoms with van der Waals surface area (Å²) in [4.78, 5) is 12.7. The second-order valence-electron chi connectivity index (χ2n) is 15.7. The Morgan fingerprint density at radius 3 is 2.36 bits per heavy atom. The Kier molecular flexibility index (Phi) is 11.2. The largest absolute Gasteiger partial charge is 0.352 e. The quantitative estimate of drug-likeness (QED) is 0.221. The smallest absolute Gasteiger partial charge is 0.234 e. The molecule has 0 aromatic carbocycles. The average molecular weight is 561 g/mol. The number of carbonyl (C=O) groups excluding carboxylic acids is 1. The van der Waals surface area contributed by atoms with Crippen molar-refractivity contribution in [2.75, 3.05) is 18.8 Å². The van der Waals surface area contributed by atoms with Gasteiger partial charge in [-0.05, 0) is 134 Å². The predicted octanol–water partition coefficient (Wildman–Crippen LogP) is 8.71. The highest BCUT2D eigenvalue weighted by Crippen LogP contribution is 2.68. The lowest BCUT2D eigenvalue weighted by molar-refractivity contribution is -0.127. The van der Waals surface area contributed by atoms with Crippen molar-refractivity contribution in [2.45, 2.75) is 143 Å². The third-order valence-corrected chi connectivity index (χ3v) is 13.7. The van der Waals surface area contributed by atoms with E-state index in [-0.39, 0.29) is 5.91 Å². The molecule has 0 bridgehead atoms. The van der Waals surface area contributed by atoms with E-state index in [4.69, 9.17) is 0 Å². The van der Waals surface area contributed by atoms with E-state index in [1.165, 1.54) is 82.8 Å². The molecule has 0 heterocycles. The molecule has 0 aliphatic heterocycles. The number of hydrogen-bond donors (Lipinski definition) is 2. The fraction of sp³-hybridized carbons (Fsp3) is 0.971. The molecule has 0 aromatic heterocycles. The van der Waals surface area contributed by atoms with E-state index in [2.05, 4.69) is 59.1 Å². The second-order valence-corrected chi connectivity index (χ2v) is 17.4. The number of hydrogen-bond acceptors (Lipinski definition) is 3. The first kappa shape index (κ1) is 31.7. The summed E-state index contributed by atoms with van der Waals surface area (Å²) in [5, 5.41) is 7.50. The topological polar surface area (TPSA) is 41.1 Å². The van der Waals surface area contributed by atoms with Crippen molar-refractivity contribution >= 4 is 17.7 Å². The maximum absolute atomic E-state index is 12.7. The standard InChI is InChI=1S/C35H64N2OS/c1-24(2)10-8-11-26(5)30-14-15-31-29-13-12-27-22-28(37-33(38)23-36-20-9-21-39-25(3)4)16-18-34(27,6)32(29)17-19-35(30,31)7/h24-32,36H,8-23H2,1-7H3,(H,37,38)/t26-,27+,28+,29+,30-,31+,32+,34+,35-/m1/s1. The fourth-order valence-corrected chi connectivity index (χ4v) is 11.2. The molecule has 0 radical (unpaired) electrons. The van der Waals surface area contributed by atoms with Gasteiger partial charge in [0.1, 0.15) is 0 Å². The van der Waals surface area contributed by atoms with Gasteiger partial charge in [-0.15, -0.1) is 0 Å². The molecule has 1 amide bonds. The van der Waals surface area contributed by atoms with Crippen molar-refractivity contribution in [3.8, 4) is 0 Å². The molecule has 4 aliphatic carbocycles. The number of nitrogens with one attached hydrogen (secondary N) is 2. The Hall–Kier alpha value is -0.220.